The second-order valence-electron chi connectivity index (χ2n) is 21.4. The lowest BCUT2D eigenvalue weighted by atomic mass is 9.92. The maximum Gasteiger partial charge on any atom is 0.126 e. The van der Waals surface area contributed by atoms with Gasteiger partial charge in [-0.1, -0.05) is 133 Å². The Morgan fingerprint density at radius 3 is 0.929 bits per heavy atom. The molecule has 6 heteroatoms. The van der Waals surface area contributed by atoms with Gasteiger partial charge in [-0.2, -0.15) is 0 Å². The fourth-order valence-electron chi connectivity index (χ4n) is 12.2. The molecule has 0 spiro atoms. The van der Waals surface area contributed by atoms with Gasteiger partial charge in [0.25, 0.3) is 0 Å². The van der Waals surface area contributed by atoms with Crippen LogP contribution in [0.4, 0.5) is 17.6 Å². The Balaban J connectivity index is 0.852. The SMILES string of the molecule is C/C=C/c1cccc(-c2cc(-c3cc(F)cc(F)c3)cc(-c3cccc(-n4c5ccccc5c5cc(-c6ccc7c(c6)c6ccccc6n7-c6cccc(-c7cc(-c8cc(F)cc(F)c8)cc(-c8cccc(/C=C/C)c8)c7)c6)ccc54)c3)c2)c1. The Morgan fingerprint density at radius 2 is 0.548 bits per heavy atom. The van der Waals surface area contributed by atoms with Gasteiger partial charge in [0.1, 0.15) is 23.3 Å². The zero-order valence-electron chi connectivity index (χ0n) is 46.0. The van der Waals surface area contributed by atoms with Crippen LogP contribution >= 0.6 is 0 Å². The summed E-state index contributed by atoms with van der Waals surface area (Å²) in [6, 6.07) is 83.7. The molecule has 0 fully saturated rings. The predicted molar refractivity (Wildman–Crippen MR) is 342 cm³/mol. The van der Waals surface area contributed by atoms with E-state index in [9.17, 15) is 17.6 Å². The topological polar surface area (TPSA) is 9.86 Å². The van der Waals surface area contributed by atoms with E-state index in [1.54, 1.807) is 0 Å². The quantitative estimate of drug-likeness (QED) is 0.114. The van der Waals surface area contributed by atoms with E-state index in [0.717, 1.165) is 134 Å². The first kappa shape index (κ1) is 51.6. The number of para-hydroxylation sites is 2. The molecular weight excluding hydrogens is 1040 g/mol. The summed E-state index contributed by atoms with van der Waals surface area (Å²) in [6.45, 7) is 3.98. The molecule has 0 bridgehead atoms. The number of halogens is 4. The zero-order chi connectivity index (χ0) is 57.0. The minimum atomic E-state index is -0.627. The highest BCUT2D eigenvalue weighted by molar-refractivity contribution is 6.13. The third kappa shape index (κ3) is 9.67. The molecule has 0 aliphatic rings. The van der Waals surface area contributed by atoms with E-state index in [4.69, 9.17) is 0 Å². The average molecular weight is 1090 g/mol. The summed E-state index contributed by atoms with van der Waals surface area (Å²) in [5.74, 6) is -2.51. The lowest BCUT2D eigenvalue weighted by Gasteiger charge is -2.14. The van der Waals surface area contributed by atoms with E-state index in [1.165, 1.54) is 24.3 Å². The molecular formula is C78H52F4N2. The van der Waals surface area contributed by atoms with Crippen molar-refractivity contribution in [1.82, 2.24) is 9.13 Å². The number of rotatable bonds is 11. The average Bonchev–Trinajstić information content (AvgIpc) is 2.41. The van der Waals surface area contributed by atoms with Crippen molar-refractivity contribution in [2.45, 2.75) is 13.8 Å². The van der Waals surface area contributed by atoms with Crippen molar-refractivity contribution in [2.75, 3.05) is 0 Å². The van der Waals surface area contributed by atoms with Gasteiger partial charge in [-0.05, 0) is 236 Å². The van der Waals surface area contributed by atoms with E-state index in [-0.39, 0.29) is 0 Å². The number of fused-ring (bicyclic) bond motifs is 6. The van der Waals surface area contributed by atoms with Gasteiger partial charge in [0, 0.05) is 45.1 Å². The van der Waals surface area contributed by atoms with Gasteiger partial charge in [0.15, 0.2) is 0 Å². The third-order valence-corrected chi connectivity index (χ3v) is 16.0. The van der Waals surface area contributed by atoms with Crippen molar-refractivity contribution in [3.8, 4) is 89.3 Å². The molecule has 0 saturated carbocycles. The fraction of sp³-hybridized carbons (Fsp3) is 0.0256. The minimum absolute atomic E-state index is 0.463. The predicted octanol–water partition coefficient (Wildman–Crippen LogP) is 22.2. The van der Waals surface area contributed by atoms with Gasteiger partial charge >= 0.3 is 0 Å². The van der Waals surface area contributed by atoms with E-state index in [2.05, 4.69) is 203 Å². The molecule has 14 aromatic rings. The van der Waals surface area contributed by atoms with Crippen molar-refractivity contribution in [2.24, 2.45) is 0 Å². The monoisotopic (exact) mass is 1090 g/mol. The molecule has 0 atom stereocenters. The van der Waals surface area contributed by atoms with Crippen LogP contribution in [0.3, 0.4) is 0 Å². The van der Waals surface area contributed by atoms with Crippen molar-refractivity contribution < 1.29 is 17.6 Å². The molecule has 0 N–H and O–H groups in total. The van der Waals surface area contributed by atoms with Crippen molar-refractivity contribution >= 4 is 55.8 Å². The van der Waals surface area contributed by atoms with E-state index in [0.29, 0.717) is 22.3 Å². The molecule has 2 aromatic heterocycles. The summed E-state index contributed by atoms with van der Waals surface area (Å²) in [5.41, 5.74) is 20.5. The summed E-state index contributed by atoms with van der Waals surface area (Å²) >= 11 is 0. The zero-order valence-corrected chi connectivity index (χ0v) is 46.0. The minimum Gasteiger partial charge on any atom is -0.309 e. The lowest BCUT2D eigenvalue weighted by molar-refractivity contribution is 0.583. The highest BCUT2D eigenvalue weighted by Gasteiger charge is 2.19. The van der Waals surface area contributed by atoms with Crippen LogP contribution in [0.5, 0.6) is 0 Å². The van der Waals surface area contributed by atoms with Gasteiger partial charge in [0.2, 0.25) is 0 Å². The molecule has 0 saturated heterocycles. The Kier molecular flexibility index (Phi) is 13.1. The second kappa shape index (κ2) is 21.4. The van der Waals surface area contributed by atoms with E-state index < -0.39 is 23.3 Å². The number of hydrogen-bond donors (Lipinski definition) is 0. The Bertz CT molecular complexity index is 4640. The normalized spacial score (nSPS) is 11.8. The number of benzene rings is 12. The molecule has 0 radical (unpaired) electrons. The first-order valence-electron chi connectivity index (χ1n) is 28.1. The molecule has 14 rings (SSSR count). The third-order valence-electron chi connectivity index (χ3n) is 16.0. The molecule has 0 aliphatic carbocycles. The van der Waals surface area contributed by atoms with Crippen LogP contribution < -0.4 is 0 Å². The highest BCUT2D eigenvalue weighted by Crippen LogP contribution is 2.42. The fourth-order valence-corrected chi connectivity index (χ4v) is 12.2. The number of nitrogens with zero attached hydrogens (tertiary/aromatic N) is 2. The largest absolute Gasteiger partial charge is 0.309 e. The number of aromatic nitrogens is 2. The Morgan fingerprint density at radius 1 is 0.238 bits per heavy atom. The maximum atomic E-state index is 14.8. The van der Waals surface area contributed by atoms with Gasteiger partial charge in [-0.3, -0.25) is 0 Å². The van der Waals surface area contributed by atoms with Crippen LogP contribution in [0.15, 0.2) is 267 Å². The van der Waals surface area contributed by atoms with Crippen molar-refractivity contribution in [3.05, 3.63) is 301 Å². The first-order valence-corrected chi connectivity index (χ1v) is 28.1. The smallest absolute Gasteiger partial charge is 0.126 e. The number of allylic oxidation sites excluding steroid dienone is 2. The van der Waals surface area contributed by atoms with Crippen molar-refractivity contribution in [1.29, 1.82) is 0 Å². The summed E-state index contributed by atoms with van der Waals surface area (Å²) < 4.78 is 63.8. The molecule has 0 amide bonds. The molecule has 0 unspecified atom stereocenters. The highest BCUT2D eigenvalue weighted by atomic mass is 19.1. The molecule has 12 aromatic carbocycles. The molecule has 84 heavy (non-hydrogen) atoms. The van der Waals surface area contributed by atoms with E-state index in [1.807, 2.05) is 62.4 Å². The Labute approximate surface area is 484 Å². The van der Waals surface area contributed by atoms with Gasteiger partial charge in [0.05, 0.1) is 22.1 Å². The van der Waals surface area contributed by atoms with Crippen LogP contribution in [0, 0.1) is 23.3 Å². The van der Waals surface area contributed by atoms with Gasteiger partial charge < -0.3 is 9.13 Å². The summed E-state index contributed by atoms with van der Waals surface area (Å²) in [6.07, 6.45) is 8.14. The van der Waals surface area contributed by atoms with Crippen LogP contribution in [0.25, 0.3) is 145 Å². The summed E-state index contributed by atoms with van der Waals surface area (Å²) in [7, 11) is 0. The van der Waals surface area contributed by atoms with Crippen LogP contribution in [-0.2, 0) is 0 Å². The maximum absolute atomic E-state index is 14.8. The first-order chi connectivity index (χ1) is 41.1. The molecule has 2 heterocycles. The van der Waals surface area contributed by atoms with Gasteiger partial charge in [-0.15, -0.1) is 0 Å². The summed E-state index contributed by atoms with van der Waals surface area (Å²) in [4.78, 5) is 0. The number of hydrogen-bond acceptors (Lipinski definition) is 0. The van der Waals surface area contributed by atoms with Crippen molar-refractivity contribution in [3.63, 3.8) is 0 Å². The van der Waals surface area contributed by atoms with Crippen LogP contribution in [0.1, 0.15) is 25.0 Å². The van der Waals surface area contributed by atoms with Gasteiger partial charge in [-0.25, -0.2) is 17.6 Å². The lowest BCUT2D eigenvalue weighted by Crippen LogP contribution is -1.95. The molecule has 0 aliphatic heterocycles. The van der Waals surface area contributed by atoms with Crippen LogP contribution in [-0.4, -0.2) is 9.13 Å². The van der Waals surface area contributed by atoms with E-state index >= 15 is 0 Å². The molecule has 402 valence electrons. The molecule has 2 nitrogen and oxygen atoms in total. The standard InChI is InChI=1S/C78H52F4N2/c1-3-13-49-15-9-17-51(31-49)57-33-59(37-61(35-57)63-39-65(79)47-66(80)40-63)53-19-11-21-69(43-53)83-75-25-7-5-23-71(75)73-45-55(27-29-77(73)83)56-28-30-78-74(46-56)72-24-6-8-26-76(72)84(78)70-22-12-20-54(44-70)60-34-58(52-18-10-16-50(32-52)14-4-2)36-62(38-60)64-41-67(81)48-68(82)42-64/h3-48H,1-2H3/b13-3+,14-4+. The summed E-state index contributed by atoms with van der Waals surface area (Å²) in [5, 5.41) is 4.48. The second-order valence-corrected chi connectivity index (χ2v) is 21.4. The Hall–Kier alpha value is -10.6. The van der Waals surface area contributed by atoms with Crippen LogP contribution in [0.2, 0.25) is 0 Å².